The molecule has 3 heterocycles. The number of amides is 1. The van der Waals surface area contributed by atoms with E-state index in [1.54, 1.807) is 11.3 Å². The van der Waals surface area contributed by atoms with Gasteiger partial charge in [0.1, 0.15) is 17.9 Å². The zero-order valence-corrected chi connectivity index (χ0v) is 16.9. The number of hydrogen-bond donors (Lipinski definition) is 1. The minimum absolute atomic E-state index is 0.0878. The van der Waals surface area contributed by atoms with Gasteiger partial charge in [0.05, 0.1) is 10.2 Å². The molecule has 28 heavy (non-hydrogen) atoms. The van der Waals surface area contributed by atoms with E-state index in [0.29, 0.717) is 17.9 Å². The highest BCUT2D eigenvalue weighted by atomic mass is 32.1. The number of nitrogens with one attached hydrogen (secondary N) is 1. The van der Waals surface area contributed by atoms with Crippen molar-refractivity contribution in [1.82, 2.24) is 19.5 Å². The Bertz CT molecular complexity index is 1220. The molecule has 1 amide bonds. The van der Waals surface area contributed by atoms with Crippen LogP contribution in [-0.4, -0.2) is 26.6 Å². The fraction of sp³-hybridized carbons (Fsp3) is 0.286. The van der Waals surface area contributed by atoms with Crippen LogP contribution in [0.3, 0.4) is 0 Å². The van der Waals surface area contributed by atoms with Gasteiger partial charge in [-0.3, -0.25) is 14.0 Å². The zero-order valence-electron chi connectivity index (χ0n) is 16.1. The van der Waals surface area contributed by atoms with Gasteiger partial charge >= 0.3 is 0 Å². The Labute approximate surface area is 166 Å². The average molecular weight is 395 g/mol. The van der Waals surface area contributed by atoms with E-state index >= 15 is 0 Å². The van der Waals surface area contributed by atoms with Gasteiger partial charge in [-0.25, -0.2) is 4.68 Å². The molecule has 3 aromatic heterocycles. The molecule has 0 fully saturated rings. The number of benzene rings is 1. The predicted molar refractivity (Wildman–Crippen MR) is 112 cm³/mol. The first-order chi connectivity index (χ1) is 13.4. The molecule has 0 radical (unpaired) electrons. The van der Waals surface area contributed by atoms with Gasteiger partial charge < -0.3 is 5.32 Å². The molecule has 0 aliphatic heterocycles. The Balaban J connectivity index is 1.53. The van der Waals surface area contributed by atoms with Crippen LogP contribution in [0, 0.1) is 13.8 Å². The molecule has 0 bridgehead atoms. The summed E-state index contributed by atoms with van der Waals surface area (Å²) >= 11 is 1.65. The lowest BCUT2D eigenvalue weighted by molar-refractivity contribution is -0.121. The summed E-state index contributed by atoms with van der Waals surface area (Å²) in [7, 11) is 0. The summed E-state index contributed by atoms with van der Waals surface area (Å²) in [5.74, 6) is 0.665. The van der Waals surface area contributed by atoms with Gasteiger partial charge in [-0.2, -0.15) is 5.10 Å². The second kappa shape index (κ2) is 7.24. The number of fused-ring (bicyclic) bond motifs is 3. The topological polar surface area (TPSA) is 68.4 Å². The van der Waals surface area contributed by atoms with Crippen LogP contribution in [0.4, 0.5) is 0 Å². The minimum atomic E-state index is -0.252. The van der Waals surface area contributed by atoms with Crippen molar-refractivity contribution in [1.29, 1.82) is 0 Å². The lowest BCUT2D eigenvalue weighted by Gasteiger charge is -2.13. The normalized spacial score (nSPS) is 12.5. The molecular formula is C21H22N4O2S. The van der Waals surface area contributed by atoms with E-state index < -0.39 is 0 Å². The van der Waals surface area contributed by atoms with Crippen molar-refractivity contribution in [3.63, 3.8) is 0 Å². The number of aryl methyl sites for hydroxylation is 2. The fourth-order valence-corrected chi connectivity index (χ4v) is 4.43. The monoisotopic (exact) mass is 394 g/mol. The molecule has 0 saturated carbocycles. The molecule has 4 rings (SSSR count). The number of carbonyl (C=O) groups excluding carboxylic acids is 1. The molecule has 7 heteroatoms. The van der Waals surface area contributed by atoms with E-state index in [1.165, 1.54) is 15.1 Å². The van der Waals surface area contributed by atoms with Crippen LogP contribution in [0.2, 0.25) is 0 Å². The molecule has 1 aromatic carbocycles. The highest BCUT2D eigenvalue weighted by Crippen LogP contribution is 2.27. The maximum absolute atomic E-state index is 12.8. The van der Waals surface area contributed by atoms with Gasteiger partial charge in [-0.05, 0) is 37.5 Å². The summed E-state index contributed by atoms with van der Waals surface area (Å²) in [5, 5.41) is 7.28. The van der Waals surface area contributed by atoms with Gasteiger partial charge in [0.25, 0.3) is 5.56 Å². The van der Waals surface area contributed by atoms with Gasteiger partial charge in [0, 0.05) is 11.4 Å². The second-order valence-corrected chi connectivity index (χ2v) is 8.39. The molecule has 4 aromatic rings. The summed E-state index contributed by atoms with van der Waals surface area (Å²) in [6, 6.07) is 14.0. The largest absolute Gasteiger partial charge is 0.354 e. The van der Waals surface area contributed by atoms with E-state index in [9.17, 15) is 9.59 Å². The predicted octanol–water partition coefficient (Wildman–Crippen LogP) is 3.25. The summed E-state index contributed by atoms with van der Waals surface area (Å²) in [5.41, 5.74) is 2.46. The Morgan fingerprint density at radius 3 is 2.68 bits per heavy atom. The number of rotatable bonds is 5. The lowest BCUT2D eigenvalue weighted by atomic mass is 10.0. The number of aromatic nitrogens is 3. The van der Waals surface area contributed by atoms with Crippen molar-refractivity contribution in [2.24, 2.45) is 0 Å². The zero-order chi connectivity index (χ0) is 19.8. The molecular weight excluding hydrogens is 372 g/mol. The van der Waals surface area contributed by atoms with Crippen molar-refractivity contribution < 1.29 is 4.79 Å². The summed E-state index contributed by atoms with van der Waals surface area (Å²) in [6.45, 7) is 6.38. The van der Waals surface area contributed by atoms with Crippen molar-refractivity contribution in [2.75, 3.05) is 6.54 Å². The Morgan fingerprint density at radius 1 is 1.18 bits per heavy atom. The molecule has 0 unspecified atom stereocenters. The molecule has 144 valence electrons. The first-order valence-electron chi connectivity index (χ1n) is 9.25. The molecule has 0 spiro atoms. The van der Waals surface area contributed by atoms with Crippen molar-refractivity contribution in [3.05, 3.63) is 69.1 Å². The van der Waals surface area contributed by atoms with E-state index in [4.69, 9.17) is 0 Å². The van der Waals surface area contributed by atoms with E-state index in [0.717, 1.165) is 10.2 Å². The van der Waals surface area contributed by atoms with E-state index in [2.05, 4.69) is 23.4 Å². The van der Waals surface area contributed by atoms with Gasteiger partial charge in [0.2, 0.25) is 5.91 Å². The fourth-order valence-electron chi connectivity index (χ4n) is 3.48. The summed E-state index contributed by atoms with van der Waals surface area (Å²) < 4.78 is 4.18. The first kappa shape index (κ1) is 18.4. The second-order valence-electron chi connectivity index (χ2n) is 7.10. The maximum Gasteiger partial charge on any atom is 0.291 e. The molecule has 6 nitrogen and oxygen atoms in total. The third-order valence-corrected chi connectivity index (χ3v) is 5.91. The molecule has 0 aliphatic rings. The molecule has 0 aliphatic carbocycles. The van der Waals surface area contributed by atoms with Crippen LogP contribution in [-0.2, 0) is 11.3 Å². The quantitative estimate of drug-likeness (QED) is 0.565. The standard InChI is InChI=1S/C21H22N4O2S/c1-13(16-7-5-4-6-8-16)11-22-20(26)12-24-21(27)18-10-19-17(9-14(2)28-19)25(18)15(3)23-24/h4-10,13H,11-12H2,1-3H3,(H,22,26)/t13-/m0/s1. The SMILES string of the molecule is Cc1cc2c(cc3c(=O)n(CC(=O)NC[C@H](C)c4ccccc4)nc(C)n32)s1. The Hall–Kier alpha value is -2.93. The first-order valence-corrected chi connectivity index (χ1v) is 10.1. The Morgan fingerprint density at radius 2 is 1.93 bits per heavy atom. The summed E-state index contributed by atoms with van der Waals surface area (Å²) in [4.78, 5) is 26.4. The van der Waals surface area contributed by atoms with Crippen LogP contribution < -0.4 is 10.9 Å². The third kappa shape index (κ3) is 3.33. The smallest absolute Gasteiger partial charge is 0.291 e. The Kier molecular flexibility index (Phi) is 4.77. The van der Waals surface area contributed by atoms with E-state index in [1.807, 2.05) is 54.6 Å². The van der Waals surface area contributed by atoms with Crippen LogP contribution in [0.1, 0.15) is 29.1 Å². The average Bonchev–Trinajstić information content (AvgIpc) is 3.20. The molecule has 0 saturated heterocycles. The number of nitrogens with zero attached hydrogens (tertiary/aromatic N) is 3. The van der Waals surface area contributed by atoms with Crippen LogP contribution in [0.25, 0.3) is 15.7 Å². The number of thiophene rings is 1. The van der Waals surface area contributed by atoms with Crippen LogP contribution in [0.15, 0.2) is 47.3 Å². The van der Waals surface area contributed by atoms with Crippen molar-refractivity contribution >= 4 is 33.0 Å². The molecule has 1 N–H and O–H groups in total. The van der Waals surface area contributed by atoms with Crippen molar-refractivity contribution in [3.8, 4) is 0 Å². The number of carbonyl (C=O) groups is 1. The number of hydrogen-bond acceptors (Lipinski definition) is 4. The van der Waals surface area contributed by atoms with Gasteiger partial charge in [-0.15, -0.1) is 11.3 Å². The van der Waals surface area contributed by atoms with Crippen LogP contribution >= 0.6 is 11.3 Å². The summed E-state index contributed by atoms with van der Waals surface area (Å²) in [6.07, 6.45) is 0. The van der Waals surface area contributed by atoms with Crippen molar-refractivity contribution in [2.45, 2.75) is 33.2 Å². The third-order valence-electron chi connectivity index (χ3n) is 4.92. The highest BCUT2D eigenvalue weighted by Gasteiger charge is 2.16. The lowest BCUT2D eigenvalue weighted by Crippen LogP contribution is -2.36. The highest BCUT2D eigenvalue weighted by molar-refractivity contribution is 7.19. The van der Waals surface area contributed by atoms with E-state index in [-0.39, 0.29) is 23.9 Å². The van der Waals surface area contributed by atoms with Crippen LogP contribution in [0.5, 0.6) is 0 Å². The van der Waals surface area contributed by atoms with Gasteiger partial charge in [-0.1, -0.05) is 37.3 Å². The minimum Gasteiger partial charge on any atom is -0.354 e. The molecule has 1 atom stereocenters. The van der Waals surface area contributed by atoms with Gasteiger partial charge in [0.15, 0.2) is 0 Å². The maximum atomic E-state index is 12.8.